The van der Waals surface area contributed by atoms with E-state index in [1.807, 2.05) is 24.3 Å². The third-order valence-corrected chi connectivity index (χ3v) is 4.42. The van der Waals surface area contributed by atoms with Gasteiger partial charge in [0.15, 0.2) is 11.5 Å². The van der Waals surface area contributed by atoms with E-state index in [-0.39, 0.29) is 6.61 Å². The second kappa shape index (κ2) is 7.57. The molecule has 2 aromatic carbocycles. The molecule has 5 heteroatoms. The van der Waals surface area contributed by atoms with Crippen molar-refractivity contribution in [3.8, 4) is 11.5 Å². The van der Waals surface area contributed by atoms with Crippen LogP contribution in [0.3, 0.4) is 0 Å². The molecule has 3 rings (SSSR count). The fourth-order valence-electron chi connectivity index (χ4n) is 2.96. The smallest absolute Gasteiger partial charge is 0.161 e. The third-order valence-electron chi connectivity index (χ3n) is 4.42. The van der Waals surface area contributed by atoms with Crippen LogP contribution in [0.1, 0.15) is 17.0 Å². The fraction of sp³-hybridized carbons (Fsp3) is 0.350. The van der Waals surface area contributed by atoms with Crippen LogP contribution in [0, 0.1) is 13.8 Å². The number of hydrogen-bond acceptors (Lipinski definition) is 4. The number of benzene rings is 2. The predicted molar refractivity (Wildman–Crippen MR) is 98.5 cm³/mol. The second-order valence-electron chi connectivity index (χ2n) is 6.08. The van der Waals surface area contributed by atoms with E-state index in [1.54, 1.807) is 7.11 Å². The van der Waals surface area contributed by atoms with Crippen molar-refractivity contribution < 1.29 is 14.6 Å². The average Bonchev–Trinajstić information content (AvgIpc) is 2.93. The average molecular weight is 340 g/mol. The Morgan fingerprint density at radius 3 is 2.52 bits per heavy atom. The number of imidazole rings is 1. The summed E-state index contributed by atoms with van der Waals surface area (Å²) in [6.07, 6.45) is 0.529. The number of aliphatic hydroxyl groups excluding tert-OH is 1. The largest absolute Gasteiger partial charge is 0.493 e. The van der Waals surface area contributed by atoms with E-state index in [1.165, 1.54) is 11.1 Å². The summed E-state index contributed by atoms with van der Waals surface area (Å²) in [5.41, 5.74) is 4.49. The molecular weight excluding hydrogens is 316 g/mol. The van der Waals surface area contributed by atoms with Gasteiger partial charge in [-0.3, -0.25) is 0 Å². The van der Waals surface area contributed by atoms with Gasteiger partial charge in [0.2, 0.25) is 0 Å². The summed E-state index contributed by atoms with van der Waals surface area (Å²) < 4.78 is 13.4. The van der Waals surface area contributed by atoms with Crippen LogP contribution in [0.25, 0.3) is 11.0 Å². The molecule has 0 saturated carbocycles. The molecule has 0 spiro atoms. The Labute approximate surface area is 147 Å². The van der Waals surface area contributed by atoms with Crippen LogP contribution >= 0.6 is 0 Å². The van der Waals surface area contributed by atoms with E-state index in [0.29, 0.717) is 19.6 Å². The van der Waals surface area contributed by atoms with Gasteiger partial charge >= 0.3 is 0 Å². The van der Waals surface area contributed by atoms with Crippen molar-refractivity contribution in [2.24, 2.45) is 0 Å². The number of aromatic nitrogens is 2. The molecule has 0 aliphatic rings. The number of para-hydroxylation sites is 2. The Kier molecular flexibility index (Phi) is 5.24. The molecule has 3 aromatic rings. The third kappa shape index (κ3) is 3.61. The summed E-state index contributed by atoms with van der Waals surface area (Å²) >= 11 is 0. The zero-order valence-corrected chi connectivity index (χ0v) is 15.0. The maximum Gasteiger partial charge on any atom is 0.161 e. The van der Waals surface area contributed by atoms with Crippen molar-refractivity contribution in [1.29, 1.82) is 0 Å². The monoisotopic (exact) mass is 340 g/mol. The van der Waals surface area contributed by atoms with Crippen LogP contribution < -0.4 is 9.47 Å². The topological polar surface area (TPSA) is 56.5 Å². The lowest BCUT2D eigenvalue weighted by Gasteiger charge is -2.13. The zero-order valence-electron chi connectivity index (χ0n) is 15.0. The summed E-state index contributed by atoms with van der Waals surface area (Å²) in [6.45, 7) is 5.42. The molecule has 0 amide bonds. The van der Waals surface area contributed by atoms with Gasteiger partial charge in [-0.2, -0.15) is 0 Å². The molecule has 0 aliphatic heterocycles. The van der Waals surface area contributed by atoms with Gasteiger partial charge < -0.3 is 19.1 Å². The van der Waals surface area contributed by atoms with E-state index < -0.39 is 0 Å². The molecule has 5 nitrogen and oxygen atoms in total. The lowest BCUT2D eigenvalue weighted by molar-refractivity contribution is 0.273. The molecule has 0 aliphatic carbocycles. The Morgan fingerprint density at radius 1 is 1.08 bits per heavy atom. The number of ether oxygens (including phenoxy) is 2. The number of aryl methyl sites for hydroxylation is 2. The zero-order chi connectivity index (χ0) is 17.8. The number of aliphatic hydroxyl groups is 1. The van der Waals surface area contributed by atoms with Crippen molar-refractivity contribution in [2.75, 3.05) is 20.3 Å². The summed E-state index contributed by atoms with van der Waals surface area (Å²) in [5, 5.41) is 9.35. The first kappa shape index (κ1) is 17.3. The van der Waals surface area contributed by atoms with Crippen LogP contribution in [0.5, 0.6) is 11.5 Å². The van der Waals surface area contributed by atoms with Gasteiger partial charge in [-0.15, -0.1) is 0 Å². The highest BCUT2D eigenvalue weighted by molar-refractivity contribution is 5.78. The van der Waals surface area contributed by atoms with E-state index in [2.05, 4.69) is 35.5 Å². The molecule has 1 heterocycles. The molecule has 0 saturated heterocycles. The molecule has 0 bridgehead atoms. The number of rotatable bonds is 7. The standard InChI is InChI=1S/C20H24N2O3/c1-14-12-16-17(13-15(14)2)22(20(21-16)8-10-23)9-11-25-19-7-5-4-6-18(19)24-3/h4-7,12-13,23H,8-11H2,1-3H3. The molecule has 25 heavy (non-hydrogen) atoms. The van der Waals surface area contributed by atoms with Crippen LogP contribution in [0.15, 0.2) is 36.4 Å². The Bertz CT molecular complexity index is 871. The van der Waals surface area contributed by atoms with Gasteiger partial charge in [0.05, 0.1) is 31.3 Å². The predicted octanol–water partition coefficient (Wildman–Crippen LogP) is 3.28. The molecule has 0 fully saturated rings. The maximum atomic E-state index is 9.35. The lowest BCUT2D eigenvalue weighted by Crippen LogP contribution is -2.12. The SMILES string of the molecule is COc1ccccc1OCCn1c(CCO)nc2cc(C)c(C)cc21. The molecule has 0 unspecified atom stereocenters. The van der Waals surface area contributed by atoms with Crippen molar-refractivity contribution in [2.45, 2.75) is 26.8 Å². The van der Waals surface area contributed by atoms with Crippen LogP contribution in [0.2, 0.25) is 0 Å². The van der Waals surface area contributed by atoms with Crippen molar-refractivity contribution in [1.82, 2.24) is 9.55 Å². The van der Waals surface area contributed by atoms with Crippen molar-refractivity contribution in [3.63, 3.8) is 0 Å². The highest BCUT2D eigenvalue weighted by Crippen LogP contribution is 2.26. The van der Waals surface area contributed by atoms with Crippen LogP contribution in [-0.4, -0.2) is 35.0 Å². The number of fused-ring (bicyclic) bond motifs is 1. The molecule has 1 aromatic heterocycles. The minimum Gasteiger partial charge on any atom is -0.493 e. The molecule has 0 radical (unpaired) electrons. The number of nitrogens with zero attached hydrogens (tertiary/aromatic N) is 2. The summed E-state index contributed by atoms with van der Waals surface area (Å²) in [5.74, 6) is 2.33. The van der Waals surface area contributed by atoms with Crippen molar-refractivity contribution in [3.05, 3.63) is 53.3 Å². The number of hydrogen-bond donors (Lipinski definition) is 1. The lowest BCUT2D eigenvalue weighted by atomic mass is 10.1. The summed E-state index contributed by atoms with van der Waals surface area (Å²) in [6, 6.07) is 11.9. The fourth-order valence-corrected chi connectivity index (χ4v) is 2.96. The second-order valence-corrected chi connectivity index (χ2v) is 6.08. The van der Waals surface area contributed by atoms with E-state index in [0.717, 1.165) is 28.4 Å². The maximum absolute atomic E-state index is 9.35. The van der Waals surface area contributed by atoms with E-state index >= 15 is 0 Å². The first-order valence-corrected chi connectivity index (χ1v) is 8.47. The number of methoxy groups -OCH3 is 1. The van der Waals surface area contributed by atoms with Gasteiger partial charge in [-0.25, -0.2) is 4.98 Å². The van der Waals surface area contributed by atoms with Crippen molar-refractivity contribution >= 4 is 11.0 Å². The minimum atomic E-state index is 0.0780. The normalized spacial score (nSPS) is 11.0. The van der Waals surface area contributed by atoms with Gasteiger partial charge in [0.1, 0.15) is 12.4 Å². The van der Waals surface area contributed by atoms with Gasteiger partial charge in [0.25, 0.3) is 0 Å². The first-order chi connectivity index (χ1) is 12.1. The first-order valence-electron chi connectivity index (χ1n) is 8.47. The highest BCUT2D eigenvalue weighted by atomic mass is 16.5. The Morgan fingerprint density at radius 2 is 1.80 bits per heavy atom. The summed E-state index contributed by atoms with van der Waals surface area (Å²) in [7, 11) is 1.63. The molecule has 1 N–H and O–H groups in total. The highest BCUT2D eigenvalue weighted by Gasteiger charge is 2.12. The molecule has 0 atom stereocenters. The van der Waals surface area contributed by atoms with Gasteiger partial charge in [0, 0.05) is 6.42 Å². The van der Waals surface area contributed by atoms with Crippen LogP contribution in [-0.2, 0) is 13.0 Å². The Hall–Kier alpha value is -2.53. The summed E-state index contributed by atoms with van der Waals surface area (Å²) in [4.78, 5) is 4.69. The van der Waals surface area contributed by atoms with Gasteiger partial charge in [-0.05, 0) is 49.2 Å². The van der Waals surface area contributed by atoms with Gasteiger partial charge in [-0.1, -0.05) is 12.1 Å². The molecular formula is C20H24N2O3. The quantitative estimate of drug-likeness (QED) is 0.717. The van der Waals surface area contributed by atoms with E-state index in [4.69, 9.17) is 9.47 Å². The minimum absolute atomic E-state index is 0.0780. The van der Waals surface area contributed by atoms with Crippen LogP contribution in [0.4, 0.5) is 0 Å². The molecule has 132 valence electrons. The van der Waals surface area contributed by atoms with E-state index in [9.17, 15) is 5.11 Å². The Balaban J connectivity index is 1.84.